The zero-order valence-electron chi connectivity index (χ0n) is 16.5. The highest BCUT2D eigenvalue weighted by Gasteiger charge is 2.35. The minimum atomic E-state index is -3.83. The molecular weight excluding hydrogens is 507 g/mol. The number of amides is 2. The first-order valence-electron chi connectivity index (χ1n) is 9.23. The Bertz CT molecular complexity index is 1050. The third kappa shape index (κ3) is 6.48. The van der Waals surface area contributed by atoms with Gasteiger partial charge in [-0.25, -0.2) is 4.99 Å². The van der Waals surface area contributed by atoms with Gasteiger partial charge in [0.05, 0.1) is 15.7 Å². The van der Waals surface area contributed by atoms with Crippen molar-refractivity contribution >= 4 is 74.9 Å². The van der Waals surface area contributed by atoms with E-state index in [9.17, 15) is 18.4 Å². The molecule has 2 aromatic rings. The highest BCUT2D eigenvalue weighted by molar-refractivity contribution is 8.15. The standard InChI is InChI=1S/C20H16Cl3F2N3O3S/c1-2-28-17(29)10-16(18(30)26-12-5-8-14(21)15(22)9-12)32-19(28)27-11-3-6-13(7-4-11)31-20(23,24)25/h3-9,16H,2,10H2,1H3,(H,26,30). The van der Waals surface area contributed by atoms with Crippen molar-refractivity contribution in [2.24, 2.45) is 4.99 Å². The van der Waals surface area contributed by atoms with Crippen LogP contribution in [0, 0.1) is 0 Å². The number of alkyl halides is 3. The van der Waals surface area contributed by atoms with Gasteiger partial charge < -0.3 is 10.1 Å². The molecule has 0 aliphatic carbocycles. The molecule has 170 valence electrons. The number of hydrogen-bond donors (Lipinski definition) is 1. The molecular formula is C20H16Cl3F2N3O3S. The number of ether oxygens (including phenoxy) is 1. The predicted octanol–water partition coefficient (Wildman–Crippen LogP) is 6.14. The van der Waals surface area contributed by atoms with Gasteiger partial charge in [0.25, 0.3) is 0 Å². The van der Waals surface area contributed by atoms with Gasteiger partial charge in [0.1, 0.15) is 11.0 Å². The van der Waals surface area contributed by atoms with Crippen molar-refractivity contribution in [2.75, 3.05) is 11.9 Å². The molecule has 2 amide bonds. The Labute approximate surface area is 201 Å². The number of amidine groups is 1. The van der Waals surface area contributed by atoms with E-state index in [4.69, 9.17) is 34.8 Å². The first-order chi connectivity index (χ1) is 15.1. The Morgan fingerprint density at radius 1 is 1.25 bits per heavy atom. The largest absolute Gasteiger partial charge is 0.487 e. The van der Waals surface area contributed by atoms with E-state index >= 15 is 0 Å². The van der Waals surface area contributed by atoms with Crippen LogP contribution in [0.3, 0.4) is 0 Å². The first kappa shape index (κ1) is 24.6. The fourth-order valence-electron chi connectivity index (χ4n) is 2.78. The number of aliphatic imine (C=N–C) groups is 1. The summed E-state index contributed by atoms with van der Waals surface area (Å²) in [5.74, 6) is -0.799. The van der Waals surface area contributed by atoms with Gasteiger partial charge in [-0.15, -0.1) is 8.78 Å². The maximum atomic E-state index is 12.8. The summed E-state index contributed by atoms with van der Waals surface area (Å²) in [4.78, 5) is 31.2. The van der Waals surface area contributed by atoms with Crippen LogP contribution in [0.1, 0.15) is 13.3 Å². The molecule has 1 heterocycles. The van der Waals surface area contributed by atoms with Crippen molar-refractivity contribution < 1.29 is 23.1 Å². The van der Waals surface area contributed by atoms with Crippen molar-refractivity contribution in [2.45, 2.75) is 24.2 Å². The van der Waals surface area contributed by atoms with Gasteiger partial charge >= 0.3 is 5.57 Å². The molecule has 1 fully saturated rings. The van der Waals surface area contributed by atoms with Crippen LogP contribution in [0.25, 0.3) is 0 Å². The van der Waals surface area contributed by atoms with Gasteiger partial charge in [-0.05, 0) is 49.4 Å². The van der Waals surface area contributed by atoms with Gasteiger partial charge in [-0.1, -0.05) is 35.0 Å². The number of benzene rings is 2. The number of anilines is 1. The number of carbonyl (C=O) groups excluding carboxylic acids is 2. The molecule has 0 saturated carbocycles. The molecule has 0 aromatic heterocycles. The van der Waals surface area contributed by atoms with Crippen molar-refractivity contribution in [3.63, 3.8) is 0 Å². The zero-order chi connectivity index (χ0) is 23.5. The Kier molecular flexibility index (Phi) is 7.87. The lowest BCUT2D eigenvalue weighted by Crippen LogP contribution is -2.45. The number of halogens is 5. The number of nitrogens with one attached hydrogen (secondary N) is 1. The molecule has 1 unspecified atom stereocenters. The minimum absolute atomic E-state index is 0.0116. The quantitative estimate of drug-likeness (QED) is 0.463. The molecule has 6 nitrogen and oxygen atoms in total. The molecule has 0 radical (unpaired) electrons. The lowest BCUT2D eigenvalue weighted by molar-refractivity contribution is -0.129. The van der Waals surface area contributed by atoms with Gasteiger partial charge in [-0.2, -0.15) is 0 Å². The van der Waals surface area contributed by atoms with Crippen LogP contribution in [0.15, 0.2) is 47.5 Å². The SMILES string of the molecule is CCN1C(=O)CC(C(=O)Nc2ccc(Cl)c(Cl)c2)SC1=Nc1ccc(OC(F)(F)Cl)cc1. The first-order valence-corrected chi connectivity index (χ1v) is 11.2. The monoisotopic (exact) mass is 521 g/mol. The maximum absolute atomic E-state index is 12.8. The molecule has 1 saturated heterocycles. The van der Waals surface area contributed by atoms with Crippen molar-refractivity contribution in [1.29, 1.82) is 0 Å². The summed E-state index contributed by atoms with van der Waals surface area (Å²) in [5.41, 5.74) is -3.00. The maximum Gasteiger partial charge on any atom is 0.487 e. The summed E-state index contributed by atoms with van der Waals surface area (Å²) < 4.78 is 29.8. The smallest absolute Gasteiger partial charge is 0.420 e. The fourth-order valence-corrected chi connectivity index (χ4v) is 4.33. The summed E-state index contributed by atoms with van der Waals surface area (Å²) in [7, 11) is 0. The lowest BCUT2D eigenvalue weighted by Gasteiger charge is -2.31. The third-order valence-corrected chi connectivity index (χ3v) is 6.23. The zero-order valence-corrected chi connectivity index (χ0v) is 19.5. The molecule has 3 rings (SSSR count). The number of thioether (sulfide) groups is 1. The highest BCUT2D eigenvalue weighted by atomic mass is 35.5. The van der Waals surface area contributed by atoms with E-state index in [0.29, 0.717) is 28.1 Å². The Hall–Kier alpha value is -2.07. The van der Waals surface area contributed by atoms with E-state index in [0.717, 1.165) is 11.8 Å². The second-order valence-corrected chi connectivity index (χ2v) is 8.93. The van der Waals surface area contributed by atoms with Gasteiger partial charge in [0.15, 0.2) is 5.17 Å². The van der Waals surface area contributed by atoms with Crippen LogP contribution in [-0.2, 0) is 9.59 Å². The fraction of sp³-hybridized carbons (Fsp3) is 0.250. The van der Waals surface area contributed by atoms with E-state index in [2.05, 4.69) is 15.0 Å². The summed E-state index contributed by atoms with van der Waals surface area (Å²) in [6, 6.07) is 10.1. The molecule has 0 bridgehead atoms. The Balaban J connectivity index is 1.77. The van der Waals surface area contributed by atoms with Crippen LogP contribution in [0.4, 0.5) is 20.2 Å². The van der Waals surface area contributed by atoms with Crippen molar-refractivity contribution in [1.82, 2.24) is 4.90 Å². The molecule has 12 heteroatoms. The average Bonchev–Trinajstić information content (AvgIpc) is 2.71. The van der Waals surface area contributed by atoms with Gasteiger partial charge in [0, 0.05) is 30.3 Å². The van der Waals surface area contributed by atoms with Crippen LogP contribution in [-0.4, -0.2) is 39.2 Å². The normalized spacial score (nSPS) is 18.1. The third-order valence-electron chi connectivity index (χ3n) is 4.23. The molecule has 1 N–H and O–H groups in total. The molecule has 32 heavy (non-hydrogen) atoms. The van der Waals surface area contributed by atoms with Crippen LogP contribution in [0.5, 0.6) is 5.75 Å². The van der Waals surface area contributed by atoms with Crippen LogP contribution >= 0.6 is 46.6 Å². The Morgan fingerprint density at radius 3 is 2.53 bits per heavy atom. The molecule has 2 aromatic carbocycles. The van der Waals surface area contributed by atoms with Crippen molar-refractivity contribution in [3.8, 4) is 5.75 Å². The topological polar surface area (TPSA) is 71.0 Å². The summed E-state index contributed by atoms with van der Waals surface area (Å²) in [6.07, 6.45) is -0.0116. The number of carbonyl (C=O) groups is 2. The lowest BCUT2D eigenvalue weighted by atomic mass is 10.2. The molecule has 1 atom stereocenters. The van der Waals surface area contributed by atoms with Gasteiger partial charge in [-0.3, -0.25) is 14.5 Å². The van der Waals surface area contributed by atoms with E-state index in [-0.39, 0.29) is 23.1 Å². The second kappa shape index (κ2) is 10.2. The van der Waals surface area contributed by atoms with E-state index < -0.39 is 16.7 Å². The summed E-state index contributed by atoms with van der Waals surface area (Å²) >= 11 is 17.7. The van der Waals surface area contributed by atoms with E-state index in [1.54, 1.807) is 19.1 Å². The average molecular weight is 523 g/mol. The van der Waals surface area contributed by atoms with E-state index in [1.165, 1.54) is 35.2 Å². The number of rotatable bonds is 6. The number of nitrogens with zero attached hydrogens (tertiary/aromatic N) is 2. The summed E-state index contributed by atoms with van der Waals surface area (Å²) in [5, 5.41) is 2.95. The molecule has 0 spiro atoms. The van der Waals surface area contributed by atoms with Crippen molar-refractivity contribution in [3.05, 3.63) is 52.5 Å². The van der Waals surface area contributed by atoms with Gasteiger partial charge in [0.2, 0.25) is 11.8 Å². The summed E-state index contributed by atoms with van der Waals surface area (Å²) in [6.45, 7) is 2.13. The minimum Gasteiger partial charge on any atom is -0.420 e. The Morgan fingerprint density at radius 2 is 1.94 bits per heavy atom. The van der Waals surface area contributed by atoms with Crippen LogP contribution < -0.4 is 10.1 Å². The van der Waals surface area contributed by atoms with E-state index in [1.807, 2.05) is 0 Å². The predicted molar refractivity (Wildman–Crippen MR) is 123 cm³/mol. The van der Waals surface area contributed by atoms with Crippen LogP contribution in [0.2, 0.25) is 10.0 Å². The second-order valence-electron chi connectivity index (χ2n) is 6.50. The highest BCUT2D eigenvalue weighted by Crippen LogP contribution is 2.32. The number of hydrogen-bond acceptors (Lipinski definition) is 5. The molecule has 1 aliphatic heterocycles. The molecule has 1 aliphatic rings.